The number of nitrogens with zero attached hydrogens (tertiary/aromatic N) is 2. The summed E-state index contributed by atoms with van der Waals surface area (Å²) in [7, 11) is 0. The van der Waals surface area contributed by atoms with Gasteiger partial charge in [-0.3, -0.25) is 4.98 Å². The average molecular weight is 398 g/mol. The monoisotopic (exact) mass is 397 g/mol. The fourth-order valence-corrected chi connectivity index (χ4v) is 2.69. The molecule has 6 heteroatoms. The van der Waals surface area contributed by atoms with Crippen LogP contribution in [0.15, 0.2) is 47.1 Å². The van der Waals surface area contributed by atoms with Crippen molar-refractivity contribution in [3.63, 3.8) is 0 Å². The van der Waals surface area contributed by atoms with Gasteiger partial charge in [-0.25, -0.2) is 0 Å². The molecule has 0 aliphatic carbocycles. The van der Waals surface area contributed by atoms with Crippen molar-refractivity contribution >= 4 is 40.1 Å². The Labute approximate surface area is 134 Å². The minimum atomic E-state index is 0.245. The zero-order chi connectivity index (χ0) is 14.1. The second kappa shape index (κ2) is 5.41. The van der Waals surface area contributed by atoms with Gasteiger partial charge in [0, 0.05) is 20.4 Å². The van der Waals surface area contributed by atoms with Gasteiger partial charge < -0.3 is 10.3 Å². The van der Waals surface area contributed by atoms with E-state index >= 15 is 0 Å². The number of hydrogen-bond acceptors (Lipinski definition) is 4. The molecule has 0 fully saturated rings. The highest BCUT2D eigenvalue weighted by Gasteiger charge is 2.20. The number of benzene rings is 1. The van der Waals surface area contributed by atoms with E-state index in [0.717, 1.165) is 14.8 Å². The quantitative estimate of drug-likeness (QED) is 0.657. The minimum Gasteiger partial charge on any atom is -0.367 e. The molecule has 0 spiro atoms. The van der Waals surface area contributed by atoms with Crippen LogP contribution in [-0.2, 0) is 0 Å². The second-order valence-electron chi connectivity index (χ2n) is 4.11. The van der Waals surface area contributed by atoms with Gasteiger partial charge in [-0.1, -0.05) is 22.8 Å². The summed E-state index contributed by atoms with van der Waals surface area (Å²) in [4.78, 5) is 4.30. The summed E-state index contributed by atoms with van der Waals surface area (Å²) in [6.45, 7) is 0. The molecule has 0 aliphatic heterocycles. The van der Waals surface area contributed by atoms with Gasteiger partial charge in [-0.2, -0.15) is 0 Å². The summed E-state index contributed by atoms with van der Waals surface area (Å²) in [5.41, 5.74) is 8.82. The molecule has 0 radical (unpaired) electrons. The SMILES string of the molecule is Nc1onc(-c2cc(Cl)ccc2I)c1-c1ccccn1. The summed E-state index contributed by atoms with van der Waals surface area (Å²) < 4.78 is 6.15. The van der Waals surface area contributed by atoms with Crippen LogP contribution in [0.5, 0.6) is 0 Å². The standard InChI is InChI=1S/C14H9ClIN3O/c15-8-4-5-10(16)9(7-8)13-12(14(17)20-19-13)11-3-1-2-6-18-11/h1-7H,17H2. The molecule has 0 saturated heterocycles. The number of aromatic nitrogens is 2. The van der Waals surface area contributed by atoms with Crippen LogP contribution >= 0.6 is 34.2 Å². The molecule has 100 valence electrons. The fraction of sp³-hybridized carbons (Fsp3) is 0. The largest absolute Gasteiger partial charge is 0.367 e. The molecule has 0 saturated carbocycles. The van der Waals surface area contributed by atoms with Crippen LogP contribution in [-0.4, -0.2) is 10.1 Å². The van der Waals surface area contributed by atoms with E-state index in [0.29, 0.717) is 16.3 Å². The average Bonchev–Trinajstić information content (AvgIpc) is 2.84. The molecule has 4 nitrogen and oxygen atoms in total. The van der Waals surface area contributed by atoms with Crippen molar-refractivity contribution in [2.45, 2.75) is 0 Å². The third-order valence-corrected chi connectivity index (χ3v) is 4.00. The molecule has 20 heavy (non-hydrogen) atoms. The molecule has 0 aliphatic rings. The number of anilines is 1. The van der Waals surface area contributed by atoms with Gasteiger partial charge in [0.25, 0.3) is 0 Å². The lowest BCUT2D eigenvalue weighted by Gasteiger charge is -2.04. The van der Waals surface area contributed by atoms with Gasteiger partial charge in [-0.05, 0) is 52.9 Å². The Morgan fingerprint density at radius 3 is 2.80 bits per heavy atom. The molecule has 0 amide bonds. The topological polar surface area (TPSA) is 64.9 Å². The van der Waals surface area contributed by atoms with E-state index in [4.69, 9.17) is 21.9 Å². The van der Waals surface area contributed by atoms with Crippen molar-refractivity contribution in [2.75, 3.05) is 5.73 Å². The maximum absolute atomic E-state index is 6.06. The molecule has 0 unspecified atom stereocenters. The number of hydrogen-bond donors (Lipinski definition) is 1. The number of nitrogen functional groups attached to an aromatic ring is 1. The lowest BCUT2D eigenvalue weighted by molar-refractivity contribution is 0.439. The highest BCUT2D eigenvalue weighted by atomic mass is 127. The predicted molar refractivity (Wildman–Crippen MR) is 87.3 cm³/mol. The van der Waals surface area contributed by atoms with E-state index in [1.807, 2.05) is 36.4 Å². The Morgan fingerprint density at radius 1 is 1.20 bits per heavy atom. The summed E-state index contributed by atoms with van der Waals surface area (Å²) in [6.07, 6.45) is 1.70. The maximum Gasteiger partial charge on any atom is 0.232 e. The molecule has 2 aromatic heterocycles. The molecule has 3 rings (SSSR count). The molecule has 0 bridgehead atoms. The van der Waals surface area contributed by atoms with Crippen molar-refractivity contribution < 1.29 is 4.52 Å². The van der Waals surface area contributed by atoms with Crippen molar-refractivity contribution in [1.82, 2.24) is 10.1 Å². The molecular formula is C14H9ClIN3O. The predicted octanol–water partition coefficient (Wildman–Crippen LogP) is 4.24. The van der Waals surface area contributed by atoms with Gasteiger partial charge >= 0.3 is 0 Å². The zero-order valence-electron chi connectivity index (χ0n) is 10.2. The van der Waals surface area contributed by atoms with E-state index < -0.39 is 0 Å². The molecule has 2 N–H and O–H groups in total. The first-order valence-corrected chi connectivity index (χ1v) is 7.24. The number of halogens is 2. The van der Waals surface area contributed by atoms with Gasteiger partial charge in [0.05, 0.1) is 11.3 Å². The molecule has 0 atom stereocenters. The van der Waals surface area contributed by atoms with Crippen molar-refractivity contribution in [1.29, 1.82) is 0 Å². The van der Waals surface area contributed by atoms with Gasteiger partial charge in [0.2, 0.25) is 5.88 Å². The first-order chi connectivity index (χ1) is 9.66. The van der Waals surface area contributed by atoms with Crippen LogP contribution in [0.1, 0.15) is 0 Å². The highest BCUT2D eigenvalue weighted by Crippen LogP contribution is 2.37. The first kappa shape index (κ1) is 13.4. The van der Waals surface area contributed by atoms with Crippen LogP contribution in [0.3, 0.4) is 0 Å². The number of pyridine rings is 1. The lowest BCUT2D eigenvalue weighted by Crippen LogP contribution is -1.91. The first-order valence-electron chi connectivity index (χ1n) is 5.79. The minimum absolute atomic E-state index is 0.245. The Hall–Kier alpha value is -1.60. The molecular weight excluding hydrogens is 389 g/mol. The third kappa shape index (κ3) is 2.38. The van der Waals surface area contributed by atoms with E-state index in [1.54, 1.807) is 6.20 Å². The smallest absolute Gasteiger partial charge is 0.232 e. The maximum atomic E-state index is 6.06. The Bertz CT molecular complexity index is 758. The summed E-state index contributed by atoms with van der Waals surface area (Å²) in [6, 6.07) is 11.2. The van der Waals surface area contributed by atoms with E-state index in [2.05, 4.69) is 32.7 Å². The van der Waals surface area contributed by atoms with Crippen LogP contribution in [0.4, 0.5) is 5.88 Å². The number of nitrogens with two attached hydrogens (primary N) is 1. The number of rotatable bonds is 2. The third-order valence-electron chi connectivity index (χ3n) is 2.82. The van der Waals surface area contributed by atoms with Crippen LogP contribution < -0.4 is 5.73 Å². The van der Waals surface area contributed by atoms with Crippen molar-refractivity contribution in [3.05, 3.63) is 51.2 Å². The molecule has 3 aromatic rings. The van der Waals surface area contributed by atoms with E-state index in [1.165, 1.54) is 0 Å². The van der Waals surface area contributed by atoms with Crippen molar-refractivity contribution in [3.8, 4) is 22.5 Å². The summed E-state index contributed by atoms with van der Waals surface area (Å²) >= 11 is 8.29. The van der Waals surface area contributed by atoms with Crippen molar-refractivity contribution in [2.24, 2.45) is 0 Å². The second-order valence-corrected chi connectivity index (χ2v) is 5.71. The zero-order valence-corrected chi connectivity index (χ0v) is 13.1. The van der Waals surface area contributed by atoms with Crippen LogP contribution in [0, 0.1) is 3.57 Å². The van der Waals surface area contributed by atoms with Crippen LogP contribution in [0.25, 0.3) is 22.5 Å². The fourth-order valence-electron chi connectivity index (χ4n) is 1.92. The Kier molecular flexibility index (Phi) is 3.62. The Morgan fingerprint density at radius 2 is 2.05 bits per heavy atom. The van der Waals surface area contributed by atoms with E-state index in [-0.39, 0.29) is 5.88 Å². The normalized spacial score (nSPS) is 10.7. The highest BCUT2D eigenvalue weighted by molar-refractivity contribution is 14.1. The molecule has 2 heterocycles. The van der Waals surface area contributed by atoms with Gasteiger partial charge in [-0.15, -0.1) is 0 Å². The molecule has 1 aromatic carbocycles. The van der Waals surface area contributed by atoms with Gasteiger partial charge in [0.1, 0.15) is 5.69 Å². The van der Waals surface area contributed by atoms with Gasteiger partial charge in [0.15, 0.2) is 0 Å². The van der Waals surface area contributed by atoms with E-state index in [9.17, 15) is 0 Å². The van der Waals surface area contributed by atoms with Crippen LogP contribution in [0.2, 0.25) is 5.02 Å². The summed E-state index contributed by atoms with van der Waals surface area (Å²) in [5, 5.41) is 4.69. The summed E-state index contributed by atoms with van der Waals surface area (Å²) in [5.74, 6) is 0.245. The lowest BCUT2D eigenvalue weighted by atomic mass is 10.0. The Balaban J connectivity index is 2.24.